The van der Waals surface area contributed by atoms with Crippen LogP contribution in [-0.4, -0.2) is 270 Å². The molecule has 3 atom stereocenters. The lowest BCUT2D eigenvalue weighted by Crippen LogP contribution is -2.55. The number of amides is 9. The van der Waals surface area contributed by atoms with E-state index in [-0.39, 0.29) is 95.6 Å². The second-order valence-electron chi connectivity index (χ2n) is 20.2. The average Bonchev–Trinajstić information content (AvgIpc) is 3.89. The van der Waals surface area contributed by atoms with Gasteiger partial charge in [-0.3, -0.25) is 48.1 Å². The van der Waals surface area contributed by atoms with E-state index in [1.54, 1.807) is 53.1 Å². The third-order valence-corrected chi connectivity index (χ3v) is 12.8. The lowest BCUT2D eigenvalue weighted by molar-refractivity contribution is -0.143. The minimum absolute atomic E-state index is 0.000482. The molecule has 28 nitrogen and oxygen atoms in total. The van der Waals surface area contributed by atoms with Gasteiger partial charge < -0.3 is 82.9 Å². The predicted octanol–water partition coefficient (Wildman–Crippen LogP) is -0.212. The number of carbonyl (C=O) groups excluding carboxylic acids is 10. The van der Waals surface area contributed by atoms with Crippen LogP contribution in [0, 0.1) is 11.8 Å². The number of carbonyl (C=O) groups is 10. The van der Waals surface area contributed by atoms with E-state index in [1.165, 1.54) is 37.9 Å². The number of anilines is 1. The number of methoxy groups -OCH3 is 1. The maximum absolute atomic E-state index is 13.5. The summed E-state index contributed by atoms with van der Waals surface area (Å²) in [7, 11) is 7.36. The SMILES string of the molecule is C=CC(=O)OCc1ccc(NC(=O)[C@H](C)NC(=O)[C@@H](NC(=O)CN(C)C(=O)CN(C)C(=O)CN(C)C(=O)CCOCCN2C(=O)CC(C)C2=O)C(C)C)cc1CN(C)C(=O)CCOCCOCCOCCOCCOCCOCCOCCOC. The molecule has 1 aliphatic heterocycles. The van der Waals surface area contributed by atoms with Crippen LogP contribution in [0.2, 0.25) is 0 Å². The topological polar surface area (TPSA) is 315 Å². The van der Waals surface area contributed by atoms with Gasteiger partial charge in [0.15, 0.2) is 0 Å². The summed E-state index contributed by atoms with van der Waals surface area (Å²) < 4.78 is 54.0. The summed E-state index contributed by atoms with van der Waals surface area (Å²) in [6, 6.07) is 2.60. The van der Waals surface area contributed by atoms with Crippen LogP contribution in [0.15, 0.2) is 30.9 Å². The maximum Gasteiger partial charge on any atom is 0.330 e. The molecule has 3 N–H and O–H groups in total. The van der Waals surface area contributed by atoms with E-state index in [0.29, 0.717) is 103 Å². The Hall–Kier alpha value is -6.50. The molecular formula is C57H92N8O20. The molecule has 1 aromatic carbocycles. The Morgan fingerprint density at radius 1 is 0.600 bits per heavy atom. The lowest BCUT2D eigenvalue weighted by atomic mass is 10.0. The van der Waals surface area contributed by atoms with Crippen molar-refractivity contribution in [2.75, 3.05) is 179 Å². The fraction of sp³-hybridized carbons (Fsp3) is 0.684. The van der Waals surface area contributed by atoms with Crippen LogP contribution in [0.3, 0.4) is 0 Å². The van der Waals surface area contributed by atoms with Crippen molar-refractivity contribution < 1.29 is 95.3 Å². The third-order valence-electron chi connectivity index (χ3n) is 12.8. The Bertz CT molecular complexity index is 2270. The number of hydrogen-bond donors (Lipinski definition) is 3. The van der Waals surface area contributed by atoms with Gasteiger partial charge in [0.1, 0.15) is 18.7 Å². The molecule has 0 radical (unpaired) electrons. The molecule has 85 heavy (non-hydrogen) atoms. The summed E-state index contributed by atoms with van der Waals surface area (Å²) in [6.45, 7) is 14.9. The van der Waals surface area contributed by atoms with Gasteiger partial charge in [0, 0.05) is 65.9 Å². The summed E-state index contributed by atoms with van der Waals surface area (Å²) in [6.07, 6.45) is 1.17. The van der Waals surface area contributed by atoms with Gasteiger partial charge in [-0.25, -0.2) is 4.79 Å². The van der Waals surface area contributed by atoms with Crippen molar-refractivity contribution >= 4 is 64.8 Å². The van der Waals surface area contributed by atoms with Gasteiger partial charge in [-0.05, 0) is 36.1 Å². The van der Waals surface area contributed by atoms with E-state index in [1.807, 2.05) is 0 Å². The molecule has 1 heterocycles. The van der Waals surface area contributed by atoms with Crippen molar-refractivity contribution in [3.63, 3.8) is 0 Å². The summed E-state index contributed by atoms with van der Waals surface area (Å²) in [5.41, 5.74) is 1.42. The number of nitrogens with zero attached hydrogens (tertiary/aromatic N) is 5. The Kier molecular flexibility index (Phi) is 37.9. The quantitative estimate of drug-likeness (QED) is 0.0329. The van der Waals surface area contributed by atoms with Crippen LogP contribution in [0.25, 0.3) is 0 Å². The van der Waals surface area contributed by atoms with Gasteiger partial charge in [0.25, 0.3) is 0 Å². The largest absolute Gasteiger partial charge is 0.458 e. The highest BCUT2D eigenvalue weighted by atomic mass is 16.6. The zero-order chi connectivity index (χ0) is 63.1. The molecule has 2 rings (SSSR count). The van der Waals surface area contributed by atoms with Crippen molar-refractivity contribution in [1.29, 1.82) is 0 Å². The first-order chi connectivity index (χ1) is 40.6. The number of hydrogen-bond acceptors (Lipinski definition) is 20. The molecule has 1 saturated heterocycles. The van der Waals surface area contributed by atoms with E-state index in [9.17, 15) is 47.9 Å². The summed E-state index contributed by atoms with van der Waals surface area (Å²) in [5.74, 6) is -5.78. The molecule has 0 bridgehead atoms. The number of likely N-dealkylation sites (N-methyl/N-ethyl adjacent to an activating group) is 3. The predicted molar refractivity (Wildman–Crippen MR) is 307 cm³/mol. The van der Waals surface area contributed by atoms with Crippen LogP contribution >= 0.6 is 0 Å². The first kappa shape index (κ1) is 74.6. The molecule has 1 aliphatic rings. The number of ether oxygens (including phenoxy) is 10. The third kappa shape index (κ3) is 31.5. The zero-order valence-electron chi connectivity index (χ0n) is 51.1. The van der Waals surface area contributed by atoms with Crippen LogP contribution in [0.4, 0.5) is 5.69 Å². The van der Waals surface area contributed by atoms with E-state index in [2.05, 4.69) is 22.5 Å². The van der Waals surface area contributed by atoms with Crippen molar-refractivity contribution in [2.24, 2.45) is 11.8 Å². The standard InChI is InChI=1S/C57H92N8O20/c1-11-53(72)85-40-44-12-13-46(35-45(44)36-61(6)48(67)15-18-78-22-23-80-26-27-82-30-31-84-33-32-83-29-28-81-25-24-79-21-20-76-10)59-55(73)43(5)58-56(74)54(41(2)3)60-47(66)37-62(7)51(70)39-64(9)52(71)38-63(8)49(68)14-17-77-19-16-65-50(69)34-42(4)57(65)75/h11-13,35,41-43,54H,1,14-34,36-40H2,2-10H3,(H,58,74)(H,59,73)(H,60,66)/t42?,43-,54-/m0/s1. The second-order valence-corrected chi connectivity index (χ2v) is 20.2. The molecule has 28 heteroatoms. The summed E-state index contributed by atoms with van der Waals surface area (Å²) in [4.78, 5) is 134. The average molecular weight is 1210 g/mol. The van der Waals surface area contributed by atoms with Gasteiger partial charge in [-0.1, -0.05) is 33.4 Å². The first-order valence-electron chi connectivity index (χ1n) is 28.3. The second kappa shape index (κ2) is 43.2. The molecule has 1 unspecified atom stereocenters. The molecule has 1 fully saturated rings. The van der Waals surface area contributed by atoms with E-state index < -0.39 is 72.5 Å². The van der Waals surface area contributed by atoms with Gasteiger partial charge in [0.2, 0.25) is 53.2 Å². The zero-order valence-corrected chi connectivity index (χ0v) is 51.1. The lowest BCUT2D eigenvalue weighted by Gasteiger charge is -2.26. The smallest absolute Gasteiger partial charge is 0.330 e. The van der Waals surface area contributed by atoms with Crippen LogP contribution < -0.4 is 16.0 Å². The number of nitrogens with one attached hydrogen (secondary N) is 3. The maximum atomic E-state index is 13.5. The molecule has 1 aromatic rings. The molecule has 0 spiro atoms. The van der Waals surface area contributed by atoms with Crippen LogP contribution in [0.1, 0.15) is 58.1 Å². The van der Waals surface area contributed by atoms with Gasteiger partial charge >= 0.3 is 5.97 Å². The highest BCUT2D eigenvalue weighted by Crippen LogP contribution is 2.21. The normalized spacial score (nSPS) is 13.7. The summed E-state index contributed by atoms with van der Waals surface area (Å²) >= 11 is 0. The number of imide groups is 1. The van der Waals surface area contributed by atoms with Crippen molar-refractivity contribution in [3.05, 3.63) is 42.0 Å². The van der Waals surface area contributed by atoms with Crippen molar-refractivity contribution in [3.8, 4) is 0 Å². The molecule has 0 aromatic heterocycles. The molecular weight excluding hydrogens is 1120 g/mol. The van der Waals surface area contributed by atoms with E-state index in [4.69, 9.17) is 47.4 Å². The number of esters is 1. The van der Waals surface area contributed by atoms with Crippen LogP contribution in [0.5, 0.6) is 0 Å². The number of rotatable bonds is 47. The van der Waals surface area contributed by atoms with Gasteiger partial charge in [-0.15, -0.1) is 0 Å². The Balaban J connectivity index is 1.76. The minimum Gasteiger partial charge on any atom is -0.458 e. The van der Waals surface area contributed by atoms with Crippen LogP contribution in [-0.2, 0) is 108 Å². The summed E-state index contributed by atoms with van der Waals surface area (Å²) in [5, 5.41) is 8.00. The van der Waals surface area contributed by atoms with E-state index in [0.717, 1.165) is 20.8 Å². The Morgan fingerprint density at radius 2 is 1.06 bits per heavy atom. The van der Waals surface area contributed by atoms with Gasteiger partial charge in [0.05, 0.1) is 151 Å². The first-order valence-corrected chi connectivity index (χ1v) is 28.3. The molecule has 0 saturated carbocycles. The van der Waals surface area contributed by atoms with Gasteiger partial charge in [-0.2, -0.15) is 0 Å². The molecule has 0 aliphatic carbocycles. The fourth-order valence-corrected chi connectivity index (χ4v) is 7.65. The van der Waals surface area contributed by atoms with Crippen molar-refractivity contribution in [1.82, 2.24) is 35.1 Å². The molecule has 9 amide bonds. The number of likely N-dealkylation sites (tertiary alicyclic amines) is 1. The Labute approximate surface area is 499 Å². The molecule has 480 valence electrons. The van der Waals surface area contributed by atoms with E-state index >= 15 is 0 Å². The Morgan fingerprint density at radius 3 is 1.53 bits per heavy atom. The minimum atomic E-state index is -1.12. The fourth-order valence-electron chi connectivity index (χ4n) is 7.65. The number of benzene rings is 1. The van der Waals surface area contributed by atoms with Crippen molar-refractivity contribution in [2.45, 2.75) is 72.2 Å². The highest BCUT2D eigenvalue weighted by molar-refractivity contribution is 6.03. The highest BCUT2D eigenvalue weighted by Gasteiger charge is 2.35. The monoisotopic (exact) mass is 1210 g/mol.